The summed E-state index contributed by atoms with van der Waals surface area (Å²) in [5.41, 5.74) is 1.55. The lowest BCUT2D eigenvalue weighted by Gasteiger charge is -2.32. The summed E-state index contributed by atoms with van der Waals surface area (Å²) in [5, 5.41) is 10.8. The van der Waals surface area contributed by atoms with E-state index in [1.54, 1.807) is 18.2 Å². The summed E-state index contributed by atoms with van der Waals surface area (Å²) in [4.78, 5) is 31.2. The molecule has 2 aromatic rings. The van der Waals surface area contributed by atoms with Gasteiger partial charge in [0.1, 0.15) is 17.2 Å². The summed E-state index contributed by atoms with van der Waals surface area (Å²) in [5.74, 6) is 0.690. The molecular formula is C24H30N2O5. The maximum absolute atomic E-state index is 13.2. The molecule has 31 heavy (non-hydrogen) atoms. The van der Waals surface area contributed by atoms with Gasteiger partial charge in [0, 0.05) is 60.6 Å². The molecule has 0 bridgehead atoms. The van der Waals surface area contributed by atoms with Crippen LogP contribution in [-0.4, -0.2) is 54.0 Å². The molecule has 1 aromatic heterocycles. The normalized spacial score (nSPS) is 17.2. The largest absolute Gasteiger partial charge is 0.507 e. The van der Waals surface area contributed by atoms with Gasteiger partial charge < -0.3 is 19.5 Å². The molecule has 2 atom stereocenters. The highest BCUT2D eigenvalue weighted by atomic mass is 16.5. The molecule has 0 spiro atoms. The van der Waals surface area contributed by atoms with Crippen LogP contribution in [0.15, 0.2) is 30.5 Å². The number of Topliss-reactive ketones (excluding diaryl/α,β-unsaturated/α-hetero) is 1. The molecule has 7 nitrogen and oxygen atoms in total. The number of rotatable bonds is 7. The van der Waals surface area contributed by atoms with Crippen LogP contribution in [0.2, 0.25) is 0 Å². The Morgan fingerprint density at radius 1 is 1.26 bits per heavy atom. The quantitative estimate of drug-likeness (QED) is 0.678. The van der Waals surface area contributed by atoms with Crippen LogP contribution in [0.25, 0.3) is 0 Å². The van der Waals surface area contributed by atoms with E-state index >= 15 is 0 Å². The number of likely N-dealkylation sites (tertiary alicyclic amines) is 1. The number of ether oxygens (including phenoxy) is 2. The average molecular weight is 427 g/mol. The van der Waals surface area contributed by atoms with Gasteiger partial charge in [-0.05, 0) is 37.8 Å². The minimum atomic E-state index is -0.536. The standard InChI is InChI=1S/C24H30N2O5/c1-15-6-5-9-26(14-15)23(29)12-19(20-8-7-17(13-25-20)16(2)27)24-21(28)10-18(30-3)11-22(24)31-4/h7-8,10-11,13,15,19,28H,5-6,9,12,14H2,1-4H3. The zero-order valence-corrected chi connectivity index (χ0v) is 18.6. The summed E-state index contributed by atoms with van der Waals surface area (Å²) in [6.07, 6.45) is 3.75. The van der Waals surface area contributed by atoms with Crippen molar-refractivity contribution >= 4 is 11.7 Å². The van der Waals surface area contributed by atoms with Gasteiger partial charge in [-0.25, -0.2) is 0 Å². The van der Waals surface area contributed by atoms with Gasteiger partial charge in [-0.2, -0.15) is 0 Å². The summed E-state index contributed by atoms with van der Waals surface area (Å²) < 4.78 is 10.8. The first kappa shape index (κ1) is 22.6. The van der Waals surface area contributed by atoms with Gasteiger partial charge in [-0.15, -0.1) is 0 Å². The Labute approximate surface area is 183 Å². The van der Waals surface area contributed by atoms with Crippen LogP contribution in [0.5, 0.6) is 17.2 Å². The number of amides is 1. The molecule has 3 rings (SSSR count). The number of phenolic OH excluding ortho intramolecular Hbond substituents is 1. The van der Waals surface area contributed by atoms with Crippen molar-refractivity contribution in [3.8, 4) is 17.2 Å². The fourth-order valence-electron chi connectivity index (χ4n) is 4.12. The monoisotopic (exact) mass is 426 g/mol. The molecule has 0 saturated carbocycles. The SMILES string of the molecule is COc1cc(O)c(C(CC(=O)N2CCCC(C)C2)c2ccc(C(C)=O)cn2)c(OC)c1. The lowest BCUT2D eigenvalue weighted by molar-refractivity contribution is -0.133. The van der Waals surface area contributed by atoms with Crippen LogP contribution in [-0.2, 0) is 4.79 Å². The summed E-state index contributed by atoms with van der Waals surface area (Å²) in [6, 6.07) is 6.61. The highest BCUT2D eigenvalue weighted by Crippen LogP contribution is 2.42. The van der Waals surface area contributed by atoms with E-state index < -0.39 is 5.92 Å². The van der Waals surface area contributed by atoms with E-state index in [1.165, 1.54) is 33.4 Å². The average Bonchev–Trinajstić information content (AvgIpc) is 2.77. The first-order chi connectivity index (χ1) is 14.8. The van der Waals surface area contributed by atoms with Gasteiger partial charge in [0.15, 0.2) is 5.78 Å². The number of piperidine rings is 1. The summed E-state index contributed by atoms with van der Waals surface area (Å²) in [7, 11) is 3.02. The Balaban J connectivity index is 2.02. The third-order valence-electron chi connectivity index (χ3n) is 5.84. The molecule has 1 saturated heterocycles. The fourth-order valence-corrected chi connectivity index (χ4v) is 4.12. The molecule has 7 heteroatoms. The third-order valence-corrected chi connectivity index (χ3v) is 5.84. The number of benzene rings is 1. The van der Waals surface area contributed by atoms with Gasteiger partial charge in [-0.3, -0.25) is 14.6 Å². The highest BCUT2D eigenvalue weighted by Gasteiger charge is 2.30. The molecule has 1 N–H and O–H groups in total. The van der Waals surface area contributed by atoms with Crippen LogP contribution in [0.1, 0.15) is 60.6 Å². The number of carbonyl (C=O) groups excluding carboxylic acids is 2. The molecule has 0 aliphatic carbocycles. The molecule has 2 heterocycles. The Kier molecular flexibility index (Phi) is 7.15. The van der Waals surface area contributed by atoms with E-state index in [-0.39, 0.29) is 23.9 Å². The van der Waals surface area contributed by atoms with Crippen molar-refractivity contribution in [1.82, 2.24) is 9.88 Å². The molecule has 1 aliphatic rings. The van der Waals surface area contributed by atoms with Gasteiger partial charge in [-0.1, -0.05) is 6.92 Å². The Bertz CT molecular complexity index is 942. The smallest absolute Gasteiger partial charge is 0.223 e. The third kappa shape index (κ3) is 5.16. The predicted octanol–water partition coefficient (Wildman–Crippen LogP) is 3.79. The van der Waals surface area contributed by atoms with Crippen molar-refractivity contribution in [1.29, 1.82) is 0 Å². The molecule has 0 radical (unpaired) electrons. The van der Waals surface area contributed by atoms with E-state index in [2.05, 4.69) is 11.9 Å². The fraction of sp³-hybridized carbons (Fsp3) is 0.458. The number of aromatic nitrogens is 1. The van der Waals surface area contributed by atoms with Crippen LogP contribution in [0.3, 0.4) is 0 Å². The molecule has 1 aromatic carbocycles. The predicted molar refractivity (Wildman–Crippen MR) is 117 cm³/mol. The van der Waals surface area contributed by atoms with Gasteiger partial charge >= 0.3 is 0 Å². The summed E-state index contributed by atoms with van der Waals surface area (Å²) in [6.45, 7) is 5.09. The summed E-state index contributed by atoms with van der Waals surface area (Å²) >= 11 is 0. The molecule has 1 amide bonds. The van der Waals surface area contributed by atoms with Crippen molar-refractivity contribution in [3.63, 3.8) is 0 Å². The second-order valence-electron chi connectivity index (χ2n) is 8.13. The Morgan fingerprint density at radius 2 is 2.03 bits per heavy atom. The number of aromatic hydroxyl groups is 1. The van der Waals surface area contributed by atoms with E-state index in [0.717, 1.165) is 25.9 Å². The lowest BCUT2D eigenvalue weighted by atomic mass is 9.88. The van der Waals surface area contributed by atoms with Crippen molar-refractivity contribution < 1.29 is 24.2 Å². The van der Waals surface area contributed by atoms with E-state index in [1.807, 2.05) is 4.90 Å². The first-order valence-corrected chi connectivity index (χ1v) is 10.5. The number of hydrogen-bond acceptors (Lipinski definition) is 6. The second kappa shape index (κ2) is 9.81. The number of phenols is 1. The van der Waals surface area contributed by atoms with E-state index in [9.17, 15) is 14.7 Å². The van der Waals surface area contributed by atoms with Crippen LogP contribution in [0, 0.1) is 5.92 Å². The number of methoxy groups -OCH3 is 2. The Morgan fingerprint density at radius 3 is 2.61 bits per heavy atom. The van der Waals surface area contributed by atoms with Crippen molar-refractivity contribution in [2.45, 2.75) is 39.0 Å². The zero-order valence-electron chi connectivity index (χ0n) is 18.6. The maximum Gasteiger partial charge on any atom is 0.223 e. The number of carbonyl (C=O) groups is 2. The first-order valence-electron chi connectivity index (χ1n) is 10.5. The van der Waals surface area contributed by atoms with E-state index in [0.29, 0.717) is 34.2 Å². The molecule has 1 fully saturated rings. The number of pyridine rings is 1. The van der Waals surface area contributed by atoms with Crippen molar-refractivity contribution in [2.75, 3.05) is 27.3 Å². The number of hydrogen-bond donors (Lipinski definition) is 1. The minimum absolute atomic E-state index is 0.00580. The van der Waals surface area contributed by atoms with Gasteiger partial charge in [0.2, 0.25) is 5.91 Å². The minimum Gasteiger partial charge on any atom is -0.507 e. The topological polar surface area (TPSA) is 89.0 Å². The lowest BCUT2D eigenvalue weighted by Crippen LogP contribution is -2.39. The van der Waals surface area contributed by atoms with Gasteiger partial charge in [0.25, 0.3) is 0 Å². The second-order valence-corrected chi connectivity index (χ2v) is 8.13. The molecular weight excluding hydrogens is 396 g/mol. The van der Waals surface area contributed by atoms with Crippen LogP contribution < -0.4 is 9.47 Å². The zero-order chi connectivity index (χ0) is 22.5. The Hall–Kier alpha value is -3.09. The van der Waals surface area contributed by atoms with Crippen LogP contribution in [0.4, 0.5) is 0 Å². The van der Waals surface area contributed by atoms with Gasteiger partial charge in [0.05, 0.1) is 14.2 Å². The van der Waals surface area contributed by atoms with Crippen LogP contribution >= 0.6 is 0 Å². The molecule has 1 aliphatic heterocycles. The van der Waals surface area contributed by atoms with Crippen molar-refractivity contribution in [3.05, 3.63) is 47.3 Å². The molecule has 166 valence electrons. The van der Waals surface area contributed by atoms with E-state index in [4.69, 9.17) is 9.47 Å². The highest BCUT2D eigenvalue weighted by molar-refractivity contribution is 5.93. The maximum atomic E-state index is 13.2. The number of ketones is 1. The molecule has 2 unspecified atom stereocenters. The van der Waals surface area contributed by atoms with Crippen molar-refractivity contribution in [2.24, 2.45) is 5.92 Å². The number of nitrogens with zero attached hydrogens (tertiary/aromatic N) is 2.